The molecule has 0 spiro atoms. The maximum absolute atomic E-state index is 12.5. The molecule has 3 rings (SSSR count). The molecular formula is C15H15N3O3S. The fraction of sp³-hybridized carbons (Fsp3) is 0.267. The average Bonchev–Trinajstić information content (AvgIpc) is 3.18. The van der Waals surface area contributed by atoms with Gasteiger partial charge in [0.05, 0.1) is 11.0 Å². The molecule has 114 valence electrons. The van der Waals surface area contributed by atoms with E-state index in [9.17, 15) is 14.9 Å². The van der Waals surface area contributed by atoms with Crippen LogP contribution in [0.25, 0.3) is 0 Å². The van der Waals surface area contributed by atoms with Crippen molar-refractivity contribution in [1.29, 1.82) is 0 Å². The zero-order chi connectivity index (χ0) is 15.5. The molecule has 1 aromatic carbocycles. The second-order valence-corrected chi connectivity index (χ2v) is 6.08. The van der Waals surface area contributed by atoms with Crippen LogP contribution < -0.4 is 5.32 Å². The molecule has 22 heavy (non-hydrogen) atoms. The van der Waals surface area contributed by atoms with Gasteiger partial charge in [0.15, 0.2) is 0 Å². The highest BCUT2D eigenvalue weighted by atomic mass is 32.1. The summed E-state index contributed by atoms with van der Waals surface area (Å²) in [7, 11) is 0. The highest BCUT2D eigenvalue weighted by Gasteiger charge is 2.30. The number of carbonyl (C=O) groups is 1. The van der Waals surface area contributed by atoms with Gasteiger partial charge in [-0.2, -0.15) is 0 Å². The number of rotatable bonds is 3. The van der Waals surface area contributed by atoms with Crippen molar-refractivity contribution in [3.63, 3.8) is 0 Å². The van der Waals surface area contributed by atoms with E-state index < -0.39 is 4.92 Å². The number of amides is 2. The van der Waals surface area contributed by atoms with Gasteiger partial charge in [0.1, 0.15) is 0 Å². The Hall–Kier alpha value is -2.41. The van der Waals surface area contributed by atoms with E-state index in [4.69, 9.17) is 0 Å². The van der Waals surface area contributed by atoms with Gasteiger partial charge in [-0.05, 0) is 30.4 Å². The number of likely N-dealkylation sites (tertiary alicyclic amines) is 1. The van der Waals surface area contributed by atoms with E-state index in [-0.39, 0.29) is 17.8 Å². The summed E-state index contributed by atoms with van der Waals surface area (Å²) in [5, 5.41) is 15.5. The van der Waals surface area contributed by atoms with Crippen molar-refractivity contribution in [3.05, 3.63) is 56.8 Å². The molecule has 1 unspecified atom stereocenters. The Morgan fingerprint density at radius 3 is 2.95 bits per heavy atom. The fourth-order valence-electron chi connectivity index (χ4n) is 2.68. The van der Waals surface area contributed by atoms with Gasteiger partial charge in [-0.25, -0.2) is 4.79 Å². The second kappa shape index (κ2) is 6.15. The lowest BCUT2D eigenvalue weighted by molar-refractivity contribution is -0.384. The van der Waals surface area contributed by atoms with Crippen LogP contribution in [0.1, 0.15) is 23.8 Å². The molecule has 0 saturated carbocycles. The van der Waals surface area contributed by atoms with Crippen LogP contribution in [0.2, 0.25) is 0 Å². The summed E-state index contributed by atoms with van der Waals surface area (Å²) in [5.74, 6) is 0. The number of anilines is 1. The van der Waals surface area contributed by atoms with Crippen molar-refractivity contribution in [3.8, 4) is 0 Å². The van der Waals surface area contributed by atoms with Crippen LogP contribution in [0.5, 0.6) is 0 Å². The molecule has 1 atom stereocenters. The Labute approximate surface area is 131 Å². The molecular weight excluding hydrogens is 302 g/mol. The standard InChI is InChI=1S/C15H15N3O3S/c19-15(16-11-4-1-5-12(10-11)18(20)21)17-8-2-6-13(17)14-7-3-9-22-14/h1,3-5,7,9-10,13H,2,6,8H2,(H,16,19). The number of benzene rings is 1. The number of nitro groups is 1. The lowest BCUT2D eigenvalue weighted by Gasteiger charge is -2.24. The molecule has 1 aliphatic rings. The summed E-state index contributed by atoms with van der Waals surface area (Å²) in [5.41, 5.74) is 0.407. The van der Waals surface area contributed by atoms with Gasteiger partial charge in [0.25, 0.3) is 5.69 Å². The minimum Gasteiger partial charge on any atom is -0.317 e. The van der Waals surface area contributed by atoms with Crippen molar-refractivity contribution in [2.75, 3.05) is 11.9 Å². The Morgan fingerprint density at radius 1 is 1.36 bits per heavy atom. The molecule has 1 fully saturated rings. The molecule has 0 radical (unpaired) electrons. The lowest BCUT2D eigenvalue weighted by atomic mass is 10.2. The number of hydrogen-bond donors (Lipinski definition) is 1. The van der Waals surface area contributed by atoms with Crippen LogP contribution in [-0.2, 0) is 0 Å². The Balaban J connectivity index is 1.74. The van der Waals surface area contributed by atoms with Gasteiger partial charge < -0.3 is 10.2 Å². The van der Waals surface area contributed by atoms with E-state index in [0.717, 1.165) is 12.8 Å². The van der Waals surface area contributed by atoms with Crippen molar-refractivity contribution in [2.45, 2.75) is 18.9 Å². The molecule has 7 heteroatoms. The van der Waals surface area contributed by atoms with E-state index >= 15 is 0 Å². The van der Waals surface area contributed by atoms with Crippen LogP contribution in [-0.4, -0.2) is 22.4 Å². The van der Waals surface area contributed by atoms with Gasteiger partial charge in [-0.3, -0.25) is 10.1 Å². The highest BCUT2D eigenvalue weighted by Crippen LogP contribution is 2.34. The Morgan fingerprint density at radius 2 is 2.23 bits per heavy atom. The largest absolute Gasteiger partial charge is 0.322 e. The first-order chi connectivity index (χ1) is 10.6. The van der Waals surface area contributed by atoms with Gasteiger partial charge >= 0.3 is 6.03 Å². The molecule has 2 amide bonds. The van der Waals surface area contributed by atoms with E-state index in [1.807, 2.05) is 17.5 Å². The summed E-state index contributed by atoms with van der Waals surface area (Å²) in [6.07, 6.45) is 1.91. The van der Waals surface area contributed by atoms with Gasteiger partial charge in [0.2, 0.25) is 0 Å². The Bertz CT molecular complexity index is 687. The predicted octanol–water partition coefficient (Wildman–Crippen LogP) is 4.03. The number of urea groups is 1. The quantitative estimate of drug-likeness (QED) is 0.686. The first kappa shape index (κ1) is 14.5. The molecule has 0 bridgehead atoms. The third-order valence-electron chi connectivity index (χ3n) is 3.69. The molecule has 1 saturated heterocycles. The van der Waals surface area contributed by atoms with Crippen molar-refractivity contribution in [2.24, 2.45) is 0 Å². The third kappa shape index (κ3) is 2.94. The SMILES string of the molecule is O=C(Nc1cccc([N+](=O)[O-])c1)N1CCCC1c1cccs1. The Kier molecular flexibility index (Phi) is 4.06. The van der Waals surface area contributed by atoms with Crippen molar-refractivity contribution in [1.82, 2.24) is 4.90 Å². The normalized spacial score (nSPS) is 17.5. The molecule has 1 aromatic heterocycles. The summed E-state index contributed by atoms with van der Waals surface area (Å²) >= 11 is 1.64. The number of nitro benzene ring substituents is 1. The van der Waals surface area contributed by atoms with E-state index in [0.29, 0.717) is 12.2 Å². The lowest BCUT2D eigenvalue weighted by Crippen LogP contribution is -2.34. The van der Waals surface area contributed by atoms with Crippen LogP contribution in [0.4, 0.5) is 16.2 Å². The molecule has 2 heterocycles. The number of non-ortho nitro benzene ring substituents is 1. The zero-order valence-corrected chi connectivity index (χ0v) is 12.6. The number of carbonyl (C=O) groups excluding carboxylic acids is 1. The molecule has 1 aliphatic heterocycles. The van der Waals surface area contributed by atoms with E-state index in [1.165, 1.54) is 17.0 Å². The minimum atomic E-state index is -0.472. The summed E-state index contributed by atoms with van der Waals surface area (Å²) in [6, 6.07) is 9.89. The van der Waals surface area contributed by atoms with Crippen molar-refractivity contribution >= 4 is 28.7 Å². The number of thiophene rings is 1. The maximum atomic E-state index is 12.5. The summed E-state index contributed by atoms with van der Waals surface area (Å²) < 4.78 is 0. The first-order valence-corrected chi connectivity index (χ1v) is 7.88. The highest BCUT2D eigenvalue weighted by molar-refractivity contribution is 7.10. The van der Waals surface area contributed by atoms with Gasteiger partial charge in [-0.15, -0.1) is 11.3 Å². The van der Waals surface area contributed by atoms with Crippen molar-refractivity contribution < 1.29 is 9.72 Å². The predicted molar refractivity (Wildman–Crippen MR) is 85.1 cm³/mol. The molecule has 6 nitrogen and oxygen atoms in total. The van der Waals surface area contributed by atoms with Gasteiger partial charge in [0, 0.05) is 29.2 Å². The van der Waals surface area contributed by atoms with Crippen LogP contribution >= 0.6 is 11.3 Å². The number of nitrogens with one attached hydrogen (secondary N) is 1. The van der Waals surface area contributed by atoms with Crippen LogP contribution in [0.15, 0.2) is 41.8 Å². The number of hydrogen-bond acceptors (Lipinski definition) is 4. The van der Waals surface area contributed by atoms with E-state index in [1.54, 1.807) is 28.4 Å². The second-order valence-electron chi connectivity index (χ2n) is 5.10. The first-order valence-electron chi connectivity index (χ1n) is 7.00. The van der Waals surface area contributed by atoms with Crippen LogP contribution in [0.3, 0.4) is 0 Å². The fourth-order valence-corrected chi connectivity index (χ4v) is 3.55. The zero-order valence-electron chi connectivity index (χ0n) is 11.8. The van der Waals surface area contributed by atoms with E-state index in [2.05, 4.69) is 5.32 Å². The average molecular weight is 317 g/mol. The molecule has 1 N–H and O–H groups in total. The monoisotopic (exact) mass is 317 g/mol. The third-order valence-corrected chi connectivity index (χ3v) is 4.67. The summed E-state index contributed by atoms with van der Waals surface area (Å²) in [6.45, 7) is 0.698. The minimum absolute atomic E-state index is 0.0333. The smallest absolute Gasteiger partial charge is 0.317 e. The maximum Gasteiger partial charge on any atom is 0.322 e. The summed E-state index contributed by atoms with van der Waals surface area (Å²) in [4.78, 5) is 25.7. The van der Waals surface area contributed by atoms with Gasteiger partial charge in [-0.1, -0.05) is 12.1 Å². The van der Waals surface area contributed by atoms with Crippen LogP contribution in [0, 0.1) is 10.1 Å². The molecule has 2 aromatic rings. The molecule has 0 aliphatic carbocycles. The number of nitrogens with zero attached hydrogens (tertiary/aromatic N) is 2. The topological polar surface area (TPSA) is 75.5 Å².